The molecule has 1 heterocycles. The Labute approximate surface area is 148 Å². The van der Waals surface area contributed by atoms with Crippen LogP contribution in [0.4, 0.5) is 15.8 Å². The standard InChI is InChI=1S/C16H15FN2O6S/c1-23-12-6-9(17)14(7-13(12)24-2)26(21,22)19-11-5-3-4-10-16(11)25-8-15(20)18-10/h3-7,19H,8H2,1-2H3,(H,18,20). The van der Waals surface area contributed by atoms with E-state index in [-0.39, 0.29) is 35.4 Å². The van der Waals surface area contributed by atoms with Gasteiger partial charge in [-0.2, -0.15) is 0 Å². The third kappa shape index (κ3) is 3.23. The van der Waals surface area contributed by atoms with Crippen molar-refractivity contribution in [2.45, 2.75) is 4.90 Å². The Morgan fingerprint density at radius 3 is 2.58 bits per heavy atom. The minimum absolute atomic E-state index is 0.0621. The topological polar surface area (TPSA) is 103 Å². The molecule has 10 heteroatoms. The van der Waals surface area contributed by atoms with E-state index in [1.54, 1.807) is 6.07 Å². The molecule has 0 bridgehead atoms. The Hall–Kier alpha value is -3.01. The molecule has 3 rings (SSSR count). The molecule has 0 aliphatic carbocycles. The first kappa shape index (κ1) is 17.8. The summed E-state index contributed by atoms with van der Waals surface area (Å²) in [7, 11) is -1.68. The highest BCUT2D eigenvalue weighted by Crippen LogP contribution is 2.38. The second-order valence-electron chi connectivity index (χ2n) is 5.26. The number of benzene rings is 2. The lowest BCUT2D eigenvalue weighted by Crippen LogP contribution is -2.26. The number of amides is 1. The maximum Gasteiger partial charge on any atom is 0.265 e. The Bertz CT molecular complexity index is 977. The molecule has 1 aliphatic rings. The van der Waals surface area contributed by atoms with Crippen molar-refractivity contribution in [1.29, 1.82) is 0 Å². The molecule has 2 aromatic carbocycles. The molecule has 0 radical (unpaired) electrons. The summed E-state index contributed by atoms with van der Waals surface area (Å²) in [5.74, 6) is -1.09. The van der Waals surface area contributed by atoms with Gasteiger partial charge in [-0.15, -0.1) is 0 Å². The summed E-state index contributed by atoms with van der Waals surface area (Å²) in [6, 6.07) is 6.46. The molecule has 2 N–H and O–H groups in total. The number of para-hydroxylation sites is 1. The predicted octanol–water partition coefficient (Wildman–Crippen LogP) is 1.97. The van der Waals surface area contributed by atoms with Crippen LogP contribution >= 0.6 is 0 Å². The number of methoxy groups -OCH3 is 2. The minimum Gasteiger partial charge on any atom is -0.493 e. The van der Waals surface area contributed by atoms with Crippen LogP contribution in [0.2, 0.25) is 0 Å². The number of nitrogens with one attached hydrogen (secondary N) is 2. The highest BCUT2D eigenvalue weighted by Gasteiger charge is 2.26. The minimum atomic E-state index is -4.30. The van der Waals surface area contributed by atoms with E-state index in [9.17, 15) is 17.6 Å². The molecular weight excluding hydrogens is 367 g/mol. The first-order chi connectivity index (χ1) is 12.4. The second-order valence-corrected chi connectivity index (χ2v) is 6.91. The van der Waals surface area contributed by atoms with Gasteiger partial charge < -0.3 is 19.5 Å². The van der Waals surface area contributed by atoms with Crippen LogP contribution in [-0.4, -0.2) is 35.2 Å². The van der Waals surface area contributed by atoms with E-state index in [1.165, 1.54) is 26.4 Å². The van der Waals surface area contributed by atoms with E-state index in [0.29, 0.717) is 5.69 Å². The number of rotatable bonds is 5. The van der Waals surface area contributed by atoms with Gasteiger partial charge in [0.15, 0.2) is 23.9 Å². The van der Waals surface area contributed by atoms with Gasteiger partial charge in [0.1, 0.15) is 10.7 Å². The molecule has 0 unspecified atom stereocenters. The molecule has 26 heavy (non-hydrogen) atoms. The molecule has 0 saturated heterocycles. The van der Waals surface area contributed by atoms with E-state index < -0.39 is 20.7 Å². The summed E-state index contributed by atoms with van der Waals surface area (Å²) in [6.07, 6.45) is 0. The third-order valence-corrected chi connectivity index (χ3v) is 4.99. The average Bonchev–Trinajstić information content (AvgIpc) is 2.60. The van der Waals surface area contributed by atoms with E-state index in [0.717, 1.165) is 12.1 Å². The van der Waals surface area contributed by atoms with Crippen LogP contribution < -0.4 is 24.2 Å². The van der Waals surface area contributed by atoms with Gasteiger partial charge in [-0.25, -0.2) is 12.8 Å². The number of hydrogen-bond donors (Lipinski definition) is 2. The van der Waals surface area contributed by atoms with Gasteiger partial charge >= 0.3 is 0 Å². The number of sulfonamides is 1. The fourth-order valence-electron chi connectivity index (χ4n) is 2.44. The van der Waals surface area contributed by atoms with Crippen LogP contribution in [0.1, 0.15) is 0 Å². The smallest absolute Gasteiger partial charge is 0.265 e. The van der Waals surface area contributed by atoms with Crippen molar-refractivity contribution in [3.8, 4) is 17.2 Å². The van der Waals surface area contributed by atoms with Crippen LogP contribution in [0.15, 0.2) is 35.2 Å². The molecule has 1 aliphatic heterocycles. The summed E-state index contributed by atoms with van der Waals surface area (Å²) >= 11 is 0. The lowest BCUT2D eigenvalue weighted by Gasteiger charge is -2.21. The highest BCUT2D eigenvalue weighted by atomic mass is 32.2. The summed E-state index contributed by atoms with van der Waals surface area (Å²) in [4.78, 5) is 10.8. The molecule has 0 fully saturated rings. The predicted molar refractivity (Wildman–Crippen MR) is 90.9 cm³/mol. The average molecular weight is 382 g/mol. The van der Waals surface area contributed by atoms with Gasteiger partial charge in [0.2, 0.25) is 0 Å². The SMILES string of the molecule is COc1cc(F)c(S(=O)(=O)Nc2cccc3c2OCC(=O)N3)cc1OC. The number of carbonyl (C=O) groups excluding carboxylic acids is 1. The van der Waals surface area contributed by atoms with Gasteiger partial charge in [0.25, 0.3) is 15.9 Å². The molecule has 2 aromatic rings. The van der Waals surface area contributed by atoms with Crippen molar-refractivity contribution < 1.29 is 31.8 Å². The van der Waals surface area contributed by atoms with Crippen molar-refractivity contribution in [2.24, 2.45) is 0 Å². The maximum absolute atomic E-state index is 14.3. The Balaban J connectivity index is 2.01. The summed E-state index contributed by atoms with van der Waals surface area (Å²) in [5, 5.41) is 2.56. The maximum atomic E-state index is 14.3. The number of halogens is 1. The van der Waals surface area contributed by atoms with Crippen molar-refractivity contribution in [3.63, 3.8) is 0 Å². The van der Waals surface area contributed by atoms with E-state index in [4.69, 9.17) is 14.2 Å². The van der Waals surface area contributed by atoms with Crippen molar-refractivity contribution in [3.05, 3.63) is 36.1 Å². The summed E-state index contributed by atoms with van der Waals surface area (Å²) in [5.41, 5.74) is 0.380. The molecule has 0 atom stereocenters. The lowest BCUT2D eigenvalue weighted by atomic mass is 10.2. The number of carbonyl (C=O) groups is 1. The second kappa shape index (κ2) is 6.71. The molecule has 0 spiro atoms. The van der Waals surface area contributed by atoms with E-state index in [1.807, 2.05) is 0 Å². The zero-order valence-corrected chi connectivity index (χ0v) is 14.6. The van der Waals surface area contributed by atoms with Crippen LogP contribution in [0.25, 0.3) is 0 Å². The van der Waals surface area contributed by atoms with Gasteiger partial charge in [-0.05, 0) is 12.1 Å². The number of ether oxygens (including phenoxy) is 3. The molecular formula is C16H15FN2O6S. The highest BCUT2D eigenvalue weighted by molar-refractivity contribution is 7.92. The summed E-state index contributed by atoms with van der Waals surface area (Å²) < 4.78 is 57.1. The Kier molecular flexibility index (Phi) is 4.60. The van der Waals surface area contributed by atoms with Crippen LogP contribution in [-0.2, 0) is 14.8 Å². The van der Waals surface area contributed by atoms with Crippen LogP contribution in [0.3, 0.4) is 0 Å². The van der Waals surface area contributed by atoms with Crippen LogP contribution in [0, 0.1) is 5.82 Å². The molecule has 0 saturated carbocycles. The largest absolute Gasteiger partial charge is 0.493 e. The fourth-order valence-corrected chi connectivity index (χ4v) is 3.57. The van der Waals surface area contributed by atoms with E-state index >= 15 is 0 Å². The zero-order chi connectivity index (χ0) is 18.9. The molecule has 0 aromatic heterocycles. The van der Waals surface area contributed by atoms with E-state index in [2.05, 4.69) is 10.0 Å². The van der Waals surface area contributed by atoms with Gasteiger partial charge in [-0.1, -0.05) is 6.07 Å². The zero-order valence-electron chi connectivity index (χ0n) is 13.8. The first-order valence-corrected chi connectivity index (χ1v) is 8.84. The number of hydrogen-bond acceptors (Lipinski definition) is 6. The molecule has 8 nitrogen and oxygen atoms in total. The quantitative estimate of drug-likeness (QED) is 0.820. The molecule has 138 valence electrons. The summed E-state index contributed by atoms with van der Waals surface area (Å²) in [6.45, 7) is -0.254. The van der Waals surface area contributed by atoms with Gasteiger partial charge in [0.05, 0.1) is 25.6 Å². The third-order valence-electron chi connectivity index (χ3n) is 3.61. The lowest BCUT2D eigenvalue weighted by molar-refractivity contribution is -0.118. The normalized spacial score (nSPS) is 13.3. The van der Waals surface area contributed by atoms with Crippen LogP contribution in [0.5, 0.6) is 17.2 Å². The van der Waals surface area contributed by atoms with Gasteiger partial charge in [-0.3, -0.25) is 9.52 Å². The Morgan fingerprint density at radius 1 is 1.19 bits per heavy atom. The van der Waals surface area contributed by atoms with Crippen molar-refractivity contribution in [2.75, 3.05) is 30.9 Å². The van der Waals surface area contributed by atoms with Crippen molar-refractivity contribution in [1.82, 2.24) is 0 Å². The molecule has 1 amide bonds. The van der Waals surface area contributed by atoms with Crippen molar-refractivity contribution >= 4 is 27.3 Å². The number of anilines is 2. The Morgan fingerprint density at radius 2 is 1.88 bits per heavy atom. The monoisotopic (exact) mass is 382 g/mol. The first-order valence-electron chi connectivity index (χ1n) is 7.35. The van der Waals surface area contributed by atoms with Gasteiger partial charge in [0, 0.05) is 12.1 Å². The number of fused-ring (bicyclic) bond motifs is 1. The fraction of sp³-hybridized carbons (Fsp3) is 0.188.